The first kappa shape index (κ1) is 63.4. The first-order valence-corrected chi connectivity index (χ1v) is 29.4. The van der Waals surface area contributed by atoms with Gasteiger partial charge in [-0.3, -0.25) is 14.4 Å². The van der Waals surface area contributed by atoms with Crippen molar-refractivity contribution in [2.75, 3.05) is 13.2 Å². The molecule has 0 saturated heterocycles. The van der Waals surface area contributed by atoms with Crippen LogP contribution in [0.5, 0.6) is 0 Å². The molecule has 0 aromatic heterocycles. The van der Waals surface area contributed by atoms with Crippen molar-refractivity contribution in [3.63, 3.8) is 0 Å². The highest BCUT2D eigenvalue weighted by molar-refractivity contribution is 5.71. The molecule has 386 valence electrons. The minimum absolute atomic E-state index is 0.0619. The van der Waals surface area contributed by atoms with Crippen LogP contribution in [0.4, 0.5) is 0 Å². The predicted octanol–water partition coefficient (Wildman–Crippen LogP) is 19.4. The van der Waals surface area contributed by atoms with Crippen molar-refractivity contribution in [2.45, 2.75) is 342 Å². The summed E-state index contributed by atoms with van der Waals surface area (Å²) in [5, 5.41) is 0. The van der Waals surface area contributed by atoms with E-state index in [1.54, 1.807) is 0 Å². The van der Waals surface area contributed by atoms with Crippen LogP contribution in [0.15, 0.2) is 0 Å². The lowest BCUT2D eigenvalue weighted by Gasteiger charge is -2.18. The Balaban J connectivity index is 4.28. The molecular formula is C59H114O6. The molecule has 6 heteroatoms. The second-order valence-corrected chi connectivity index (χ2v) is 20.8. The normalized spacial score (nSPS) is 12.0. The summed E-state index contributed by atoms with van der Waals surface area (Å²) in [7, 11) is 0. The molecular weight excluding hydrogens is 805 g/mol. The monoisotopic (exact) mass is 919 g/mol. The molecule has 0 N–H and O–H groups in total. The van der Waals surface area contributed by atoms with Gasteiger partial charge in [-0.1, -0.05) is 297 Å². The van der Waals surface area contributed by atoms with E-state index < -0.39 is 6.10 Å². The quantitative estimate of drug-likeness (QED) is 0.0344. The smallest absolute Gasteiger partial charge is 0.306 e. The highest BCUT2D eigenvalue weighted by Gasteiger charge is 2.19. The molecule has 65 heavy (non-hydrogen) atoms. The van der Waals surface area contributed by atoms with Crippen LogP contribution in [0, 0.1) is 5.92 Å². The second-order valence-electron chi connectivity index (χ2n) is 20.8. The maximum absolute atomic E-state index is 12.9. The van der Waals surface area contributed by atoms with Gasteiger partial charge < -0.3 is 14.2 Å². The van der Waals surface area contributed by atoms with Gasteiger partial charge in [0.1, 0.15) is 13.2 Å². The second kappa shape index (κ2) is 53.4. The number of hydrogen-bond donors (Lipinski definition) is 0. The van der Waals surface area contributed by atoms with E-state index in [1.807, 2.05) is 0 Å². The Morgan fingerprint density at radius 1 is 0.292 bits per heavy atom. The van der Waals surface area contributed by atoms with E-state index in [2.05, 4.69) is 27.7 Å². The van der Waals surface area contributed by atoms with E-state index in [0.29, 0.717) is 19.3 Å². The molecule has 0 aliphatic rings. The van der Waals surface area contributed by atoms with Crippen molar-refractivity contribution in [1.29, 1.82) is 0 Å². The van der Waals surface area contributed by atoms with E-state index >= 15 is 0 Å². The van der Waals surface area contributed by atoms with Crippen molar-refractivity contribution >= 4 is 17.9 Å². The maximum atomic E-state index is 12.9. The first-order valence-electron chi connectivity index (χ1n) is 29.4. The van der Waals surface area contributed by atoms with Crippen LogP contribution < -0.4 is 0 Å². The van der Waals surface area contributed by atoms with Crippen LogP contribution in [-0.2, 0) is 28.6 Å². The number of carbonyl (C=O) groups excluding carboxylic acids is 3. The molecule has 0 rings (SSSR count). The van der Waals surface area contributed by atoms with Gasteiger partial charge in [0.2, 0.25) is 0 Å². The zero-order valence-electron chi connectivity index (χ0n) is 44.5. The SMILES string of the molecule is CCCCCCCCCCCCCCCCCCCCCC(=O)O[C@H](COC(=O)CCCCCCCCCCCCCCCC)COC(=O)CCCCCCCCCCCCCC(C)C. The number of rotatable bonds is 54. The summed E-state index contributed by atoms with van der Waals surface area (Å²) in [5.74, 6) is -0.00812. The lowest BCUT2D eigenvalue weighted by atomic mass is 10.0. The summed E-state index contributed by atoms with van der Waals surface area (Å²) in [5.41, 5.74) is 0. The molecule has 0 aromatic rings. The molecule has 0 fully saturated rings. The number of carbonyl (C=O) groups is 3. The summed E-state index contributed by atoms with van der Waals surface area (Å²) < 4.78 is 16.9. The molecule has 0 spiro atoms. The summed E-state index contributed by atoms with van der Waals surface area (Å²) in [6.07, 6.45) is 58.1. The van der Waals surface area contributed by atoms with E-state index in [0.717, 1.165) is 63.7 Å². The number of ether oxygens (including phenoxy) is 3. The van der Waals surface area contributed by atoms with Crippen LogP contribution >= 0.6 is 0 Å². The van der Waals surface area contributed by atoms with Crippen LogP contribution in [0.25, 0.3) is 0 Å². The molecule has 0 aliphatic carbocycles. The van der Waals surface area contributed by atoms with Gasteiger partial charge in [-0.2, -0.15) is 0 Å². The van der Waals surface area contributed by atoms with Gasteiger partial charge in [0.05, 0.1) is 0 Å². The molecule has 0 heterocycles. The van der Waals surface area contributed by atoms with E-state index in [4.69, 9.17) is 14.2 Å². The molecule has 0 amide bonds. The Bertz CT molecular complexity index is 980. The van der Waals surface area contributed by atoms with Crippen LogP contribution in [0.1, 0.15) is 336 Å². The number of hydrogen-bond acceptors (Lipinski definition) is 6. The van der Waals surface area contributed by atoms with Gasteiger partial charge in [0, 0.05) is 19.3 Å². The Kier molecular flexibility index (Phi) is 52.1. The highest BCUT2D eigenvalue weighted by Crippen LogP contribution is 2.18. The fourth-order valence-corrected chi connectivity index (χ4v) is 9.10. The Morgan fingerprint density at radius 2 is 0.508 bits per heavy atom. The van der Waals surface area contributed by atoms with Crippen molar-refractivity contribution in [3.05, 3.63) is 0 Å². The summed E-state index contributed by atoms with van der Waals surface area (Å²) in [6, 6.07) is 0. The summed E-state index contributed by atoms with van der Waals surface area (Å²) in [4.78, 5) is 38.1. The van der Waals surface area contributed by atoms with E-state index in [9.17, 15) is 14.4 Å². The lowest BCUT2D eigenvalue weighted by Crippen LogP contribution is -2.30. The fraction of sp³-hybridized carbons (Fsp3) is 0.949. The minimum Gasteiger partial charge on any atom is -0.462 e. The van der Waals surface area contributed by atoms with Gasteiger partial charge in [0.25, 0.3) is 0 Å². The average Bonchev–Trinajstić information content (AvgIpc) is 3.29. The minimum atomic E-state index is -0.762. The van der Waals surface area contributed by atoms with E-state index in [1.165, 1.54) is 231 Å². The number of esters is 3. The Hall–Kier alpha value is -1.59. The third-order valence-electron chi connectivity index (χ3n) is 13.5. The van der Waals surface area contributed by atoms with Gasteiger partial charge in [-0.05, 0) is 25.2 Å². The van der Waals surface area contributed by atoms with Gasteiger partial charge in [0.15, 0.2) is 6.10 Å². The summed E-state index contributed by atoms with van der Waals surface area (Å²) >= 11 is 0. The average molecular weight is 920 g/mol. The van der Waals surface area contributed by atoms with Crippen molar-refractivity contribution in [3.8, 4) is 0 Å². The Labute approximate surface area is 406 Å². The topological polar surface area (TPSA) is 78.9 Å². The third kappa shape index (κ3) is 53.2. The standard InChI is InChI=1S/C59H114O6/c1-5-7-9-11-13-15-17-19-21-22-23-24-25-27-31-36-40-44-48-52-59(62)65-56(53-63-57(60)50-46-42-38-34-30-26-20-18-16-14-12-10-8-6-2)54-64-58(61)51-47-43-39-35-32-28-29-33-37-41-45-49-55(3)4/h55-56H,5-54H2,1-4H3/t56-/m1/s1. The first-order chi connectivity index (χ1) is 31.9. The molecule has 6 nitrogen and oxygen atoms in total. The van der Waals surface area contributed by atoms with Crippen molar-refractivity contribution in [2.24, 2.45) is 5.92 Å². The Morgan fingerprint density at radius 3 is 0.754 bits per heavy atom. The molecule has 0 bridgehead atoms. The summed E-state index contributed by atoms with van der Waals surface area (Å²) in [6.45, 7) is 9.06. The van der Waals surface area contributed by atoms with Crippen molar-refractivity contribution < 1.29 is 28.6 Å². The maximum Gasteiger partial charge on any atom is 0.306 e. The van der Waals surface area contributed by atoms with Crippen molar-refractivity contribution in [1.82, 2.24) is 0 Å². The van der Waals surface area contributed by atoms with Crippen LogP contribution in [0.3, 0.4) is 0 Å². The largest absolute Gasteiger partial charge is 0.462 e. The third-order valence-corrected chi connectivity index (χ3v) is 13.5. The van der Waals surface area contributed by atoms with Gasteiger partial charge in [-0.15, -0.1) is 0 Å². The molecule has 0 unspecified atom stereocenters. The highest BCUT2D eigenvalue weighted by atomic mass is 16.6. The number of unbranched alkanes of at least 4 members (excludes halogenated alkanes) is 41. The molecule has 0 aromatic carbocycles. The van der Waals surface area contributed by atoms with Crippen LogP contribution in [-0.4, -0.2) is 37.2 Å². The molecule has 0 radical (unpaired) electrons. The zero-order chi connectivity index (χ0) is 47.4. The predicted molar refractivity (Wildman–Crippen MR) is 280 cm³/mol. The van der Waals surface area contributed by atoms with Gasteiger partial charge >= 0.3 is 17.9 Å². The van der Waals surface area contributed by atoms with Crippen LogP contribution in [0.2, 0.25) is 0 Å². The molecule has 0 saturated carbocycles. The zero-order valence-corrected chi connectivity index (χ0v) is 44.5. The van der Waals surface area contributed by atoms with Gasteiger partial charge in [-0.25, -0.2) is 0 Å². The fourth-order valence-electron chi connectivity index (χ4n) is 9.10. The lowest BCUT2D eigenvalue weighted by molar-refractivity contribution is -0.167. The molecule has 0 aliphatic heterocycles. The molecule has 1 atom stereocenters. The van der Waals surface area contributed by atoms with E-state index in [-0.39, 0.29) is 31.1 Å².